The first-order valence-corrected chi connectivity index (χ1v) is 4.63. The van der Waals surface area contributed by atoms with Gasteiger partial charge in [0.1, 0.15) is 5.82 Å². The maximum atomic E-state index is 8.94. The van der Waals surface area contributed by atoms with Gasteiger partial charge in [-0.15, -0.1) is 0 Å². The van der Waals surface area contributed by atoms with Crippen LogP contribution in [-0.4, -0.2) is 16.1 Å². The summed E-state index contributed by atoms with van der Waals surface area (Å²) in [6, 6.07) is 4.48. The topological polar surface area (TPSA) is 45.2 Å². The smallest absolute Gasteiger partial charge is 0.126 e. The summed E-state index contributed by atoms with van der Waals surface area (Å²) in [5, 5.41) is 12.3. The first kappa shape index (κ1) is 8.51. The quantitative estimate of drug-likeness (QED) is 0.736. The van der Waals surface area contributed by atoms with Crippen LogP contribution in [-0.2, 0) is 6.61 Å². The molecule has 1 fully saturated rings. The lowest BCUT2D eigenvalue weighted by Gasteiger charge is -2.06. The molecule has 0 saturated heterocycles. The minimum absolute atomic E-state index is 0.0720. The number of nitrogens with one attached hydrogen (secondary N) is 1. The molecule has 1 aliphatic carbocycles. The highest BCUT2D eigenvalue weighted by Crippen LogP contribution is 2.24. The fraction of sp³-hybridized carbons (Fsp3) is 0.500. The Morgan fingerprint density at radius 1 is 1.54 bits per heavy atom. The molecule has 70 valence electrons. The van der Waals surface area contributed by atoms with E-state index >= 15 is 0 Å². The molecule has 0 amide bonds. The summed E-state index contributed by atoms with van der Waals surface area (Å²) < 4.78 is 0. The van der Waals surface area contributed by atoms with Crippen molar-refractivity contribution in [2.24, 2.45) is 0 Å². The number of rotatable bonds is 3. The highest BCUT2D eigenvalue weighted by molar-refractivity contribution is 5.40. The molecule has 1 heterocycles. The van der Waals surface area contributed by atoms with Crippen molar-refractivity contribution < 1.29 is 5.11 Å². The second kappa shape index (κ2) is 3.34. The van der Waals surface area contributed by atoms with E-state index in [9.17, 15) is 0 Å². The molecule has 0 unspecified atom stereocenters. The molecule has 0 spiro atoms. The molecule has 1 saturated carbocycles. The first-order chi connectivity index (χ1) is 6.29. The Bertz CT molecular complexity index is 308. The number of aryl methyl sites for hydroxylation is 1. The van der Waals surface area contributed by atoms with Crippen LogP contribution < -0.4 is 5.32 Å². The van der Waals surface area contributed by atoms with Crippen LogP contribution in [0.4, 0.5) is 5.82 Å². The number of aromatic nitrogens is 1. The van der Waals surface area contributed by atoms with Gasteiger partial charge in [-0.2, -0.15) is 0 Å². The van der Waals surface area contributed by atoms with E-state index in [4.69, 9.17) is 5.11 Å². The van der Waals surface area contributed by atoms with Gasteiger partial charge in [0.25, 0.3) is 0 Å². The van der Waals surface area contributed by atoms with Crippen molar-refractivity contribution in [3.63, 3.8) is 0 Å². The van der Waals surface area contributed by atoms with E-state index in [2.05, 4.69) is 10.3 Å². The van der Waals surface area contributed by atoms with Crippen LogP contribution in [0.15, 0.2) is 12.1 Å². The summed E-state index contributed by atoms with van der Waals surface area (Å²) in [4.78, 5) is 4.35. The minimum atomic E-state index is 0.0720. The molecule has 3 nitrogen and oxygen atoms in total. The summed E-state index contributed by atoms with van der Waals surface area (Å²) in [6.07, 6.45) is 2.50. The van der Waals surface area contributed by atoms with E-state index < -0.39 is 0 Å². The Morgan fingerprint density at radius 2 is 2.31 bits per heavy atom. The van der Waals surface area contributed by atoms with Crippen molar-refractivity contribution in [2.75, 3.05) is 5.32 Å². The minimum Gasteiger partial charge on any atom is -0.392 e. The molecule has 13 heavy (non-hydrogen) atoms. The van der Waals surface area contributed by atoms with Crippen molar-refractivity contribution in [1.82, 2.24) is 4.98 Å². The maximum Gasteiger partial charge on any atom is 0.126 e. The lowest BCUT2D eigenvalue weighted by atomic mass is 10.2. The molecule has 3 heteroatoms. The first-order valence-electron chi connectivity index (χ1n) is 4.63. The number of nitrogens with zero attached hydrogens (tertiary/aromatic N) is 1. The van der Waals surface area contributed by atoms with Gasteiger partial charge in [-0.3, -0.25) is 0 Å². The summed E-state index contributed by atoms with van der Waals surface area (Å²) in [5.41, 5.74) is 1.81. The lowest BCUT2D eigenvalue weighted by molar-refractivity contribution is 0.280. The lowest BCUT2D eigenvalue weighted by Crippen LogP contribution is -2.04. The van der Waals surface area contributed by atoms with E-state index in [-0.39, 0.29) is 6.61 Å². The Morgan fingerprint density at radius 3 is 2.85 bits per heavy atom. The molecule has 1 aliphatic rings. The summed E-state index contributed by atoms with van der Waals surface area (Å²) in [6.45, 7) is 1.99. The molecule has 2 rings (SSSR count). The number of hydrogen-bond donors (Lipinski definition) is 2. The zero-order valence-corrected chi connectivity index (χ0v) is 7.75. The third-order valence-corrected chi connectivity index (χ3v) is 2.29. The van der Waals surface area contributed by atoms with Crippen molar-refractivity contribution >= 4 is 5.82 Å². The van der Waals surface area contributed by atoms with E-state index in [1.165, 1.54) is 12.8 Å². The second-order valence-corrected chi connectivity index (χ2v) is 3.52. The van der Waals surface area contributed by atoms with Crippen molar-refractivity contribution in [2.45, 2.75) is 32.4 Å². The van der Waals surface area contributed by atoms with Crippen LogP contribution in [0.1, 0.15) is 24.1 Å². The SMILES string of the molecule is Cc1nc(NC2CC2)ccc1CO. The Labute approximate surface area is 77.8 Å². The molecule has 1 aromatic heterocycles. The van der Waals surface area contributed by atoms with Gasteiger partial charge in [-0.25, -0.2) is 4.98 Å². The predicted octanol–water partition coefficient (Wildman–Crippen LogP) is 1.46. The standard InChI is InChI=1S/C10H14N2O/c1-7-8(6-13)2-5-10(11-7)12-9-3-4-9/h2,5,9,13H,3-4,6H2,1H3,(H,11,12). The van der Waals surface area contributed by atoms with E-state index in [0.29, 0.717) is 6.04 Å². The third kappa shape index (κ3) is 1.98. The molecular weight excluding hydrogens is 164 g/mol. The average molecular weight is 178 g/mol. The summed E-state index contributed by atoms with van der Waals surface area (Å²) in [7, 11) is 0. The number of aliphatic hydroxyl groups excluding tert-OH is 1. The van der Waals surface area contributed by atoms with Crippen LogP contribution >= 0.6 is 0 Å². The molecule has 0 atom stereocenters. The highest BCUT2D eigenvalue weighted by atomic mass is 16.3. The molecule has 0 aromatic carbocycles. The van der Waals surface area contributed by atoms with Gasteiger partial charge in [0, 0.05) is 11.7 Å². The van der Waals surface area contributed by atoms with Crippen molar-refractivity contribution in [3.05, 3.63) is 23.4 Å². The van der Waals surface area contributed by atoms with Gasteiger partial charge >= 0.3 is 0 Å². The molecular formula is C10H14N2O. The third-order valence-electron chi connectivity index (χ3n) is 2.29. The average Bonchev–Trinajstić information content (AvgIpc) is 2.89. The Balaban J connectivity index is 2.13. The van der Waals surface area contributed by atoms with Gasteiger partial charge in [0.15, 0.2) is 0 Å². The highest BCUT2D eigenvalue weighted by Gasteiger charge is 2.21. The summed E-state index contributed by atoms with van der Waals surface area (Å²) >= 11 is 0. The number of hydrogen-bond acceptors (Lipinski definition) is 3. The second-order valence-electron chi connectivity index (χ2n) is 3.52. The normalized spacial score (nSPS) is 15.8. The maximum absolute atomic E-state index is 8.94. The van der Waals surface area contributed by atoms with Gasteiger partial charge in [0.05, 0.1) is 6.61 Å². The molecule has 0 aliphatic heterocycles. The molecule has 0 bridgehead atoms. The Kier molecular flexibility index (Phi) is 2.19. The van der Waals surface area contributed by atoms with Crippen LogP contribution in [0.3, 0.4) is 0 Å². The van der Waals surface area contributed by atoms with Crippen LogP contribution in [0.25, 0.3) is 0 Å². The largest absolute Gasteiger partial charge is 0.392 e. The van der Waals surface area contributed by atoms with Crippen LogP contribution in [0.5, 0.6) is 0 Å². The van der Waals surface area contributed by atoms with Gasteiger partial charge in [-0.1, -0.05) is 6.07 Å². The van der Waals surface area contributed by atoms with Gasteiger partial charge in [-0.05, 0) is 31.4 Å². The fourth-order valence-corrected chi connectivity index (χ4v) is 1.27. The molecule has 2 N–H and O–H groups in total. The Hall–Kier alpha value is -1.09. The summed E-state index contributed by atoms with van der Waals surface area (Å²) in [5.74, 6) is 0.928. The van der Waals surface area contributed by atoms with Crippen LogP contribution in [0, 0.1) is 6.92 Å². The van der Waals surface area contributed by atoms with Gasteiger partial charge < -0.3 is 10.4 Å². The number of pyridine rings is 1. The van der Waals surface area contributed by atoms with Gasteiger partial charge in [0.2, 0.25) is 0 Å². The molecule has 0 radical (unpaired) electrons. The monoisotopic (exact) mass is 178 g/mol. The van der Waals surface area contributed by atoms with E-state index in [0.717, 1.165) is 17.1 Å². The fourth-order valence-electron chi connectivity index (χ4n) is 1.27. The number of aliphatic hydroxyl groups is 1. The van der Waals surface area contributed by atoms with E-state index in [1.807, 2.05) is 19.1 Å². The van der Waals surface area contributed by atoms with E-state index in [1.54, 1.807) is 0 Å². The van der Waals surface area contributed by atoms with Crippen molar-refractivity contribution in [3.8, 4) is 0 Å². The predicted molar refractivity (Wildman–Crippen MR) is 51.5 cm³/mol. The van der Waals surface area contributed by atoms with Crippen LogP contribution in [0.2, 0.25) is 0 Å². The zero-order valence-electron chi connectivity index (χ0n) is 7.75. The zero-order chi connectivity index (χ0) is 9.26. The van der Waals surface area contributed by atoms with Crippen molar-refractivity contribution in [1.29, 1.82) is 0 Å². The number of anilines is 1. The molecule has 1 aromatic rings.